The molecule has 4 aliphatic rings. The maximum absolute atomic E-state index is 12.4. The molecule has 0 aromatic rings. The van der Waals surface area contributed by atoms with Gasteiger partial charge in [0.25, 0.3) is 0 Å². The smallest absolute Gasteiger partial charge is 0.164 e. The van der Waals surface area contributed by atoms with Crippen molar-refractivity contribution in [3.05, 3.63) is 0 Å². The highest BCUT2D eigenvalue weighted by Gasteiger charge is 2.59. The third-order valence-corrected chi connectivity index (χ3v) is 5.46. The minimum Gasteiger partial charge on any atom is -0.374 e. The van der Waals surface area contributed by atoms with Gasteiger partial charge in [0.05, 0.1) is 0 Å². The maximum Gasteiger partial charge on any atom is 0.164 e. The van der Waals surface area contributed by atoms with E-state index >= 15 is 0 Å². The van der Waals surface area contributed by atoms with Gasteiger partial charge in [-0.15, -0.1) is 11.6 Å². The molecule has 0 spiro atoms. The lowest BCUT2D eigenvalue weighted by molar-refractivity contribution is -0.146. The predicted molar refractivity (Wildman–Crippen MR) is 67.2 cm³/mol. The summed E-state index contributed by atoms with van der Waals surface area (Å²) in [4.78, 5) is 12.4. The highest BCUT2D eigenvalue weighted by molar-refractivity contribution is 6.24. The Kier molecular flexibility index (Phi) is 2.79. The van der Waals surface area contributed by atoms with Crippen LogP contribution in [-0.2, 0) is 9.53 Å². The molecule has 0 radical (unpaired) electrons. The van der Waals surface area contributed by atoms with Gasteiger partial charge in [-0.25, -0.2) is 0 Å². The molecular formula is C14H21ClO2. The van der Waals surface area contributed by atoms with Gasteiger partial charge in [0.2, 0.25) is 0 Å². The molecule has 4 atom stereocenters. The van der Waals surface area contributed by atoms with Crippen molar-refractivity contribution in [3.8, 4) is 0 Å². The number of hydrogen-bond acceptors (Lipinski definition) is 2. The molecule has 0 aromatic heterocycles. The van der Waals surface area contributed by atoms with Crippen molar-refractivity contribution in [1.29, 1.82) is 0 Å². The Labute approximate surface area is 108 Å². The lowest BCUT2D eigenvalue weighted by atomic mass is 9.48. The molecule has 0 aromatic carbocycles. The zero-order valence-corrected chi connectivity index (χ0v) is 11.3. The monoisotopic (exact) mass is 256 g/mol. The number of rotatable bonds is 4. The molecule has 4 fully saturated rings. The van der Waals surface area contributed by atoms with Crippen molar-refractivity contribution in [2.45, 2.75) is 50.3 Å². The van der Waals surface area contributed by atoms with Crippen molar-refractivity contribution >= 4 is 17.4 Å². The molecule has 3 heteroatoms. The minimum absolute atomic E-state index is 0.0635. The summed E-state index contributed by atoms with van der Waals surface area (Å²) in [5.74, 6) is 1.71. The Morgan fingerprint density at radius 1 is 1.29 bits per heavy atom. The van der Waals surface area contributed by atoms with E-state index in [9.17, 15) is 4.79 Å². The number of ether oxygens (including phenoxy) is 1. The lowest BCUT2D eigenvalue weighted by Gasteiger charge is -2.59. The summed E-state index contributed by atoms with van der Waals surface area (Å²) in [5, 5.41) is 0. The maximum atomic E-state index is 12.4. The Bertz CT molecular complexity index is 325. The third kappa shape index (κ3) is 1.94. The molecule has 0 amide bonds. The zero-order valence-electron chi connectivity index (χ0n) is 10.5. The van der Waals surface area contributed by atoms with Gasteiger partial charge in [-0.2, -0.15) is 0 Å². The quantitative estimate of drug-likeness (QED) is 0.723. The molecule has 0 N–H and O–H groups in total. The second kappa shape index (κ2) is 3.96. The average molecular weight is 257 g/mol. The molecule has 4 rings (SSSR count). The van der Waals surface area contributed by atoms with Crippen LogP contribution in [0.1, 0.15) is 45.4 Å². The number of carbonyl (C=O) groups excluding carboxylic acids is 1. The summed E-state index contributed by atoms with van der Waals surface area (Å²) >= 11 is 6.71. The normalized spacial score (nSPS) is 47.4. The van der Waals surface area contributed by atoms with Gasteiger partial charge in [-0.05, 0) is 57.3 Å². The van der Waals surface area contributed by atoms with E-state index in [2.05, 4.69) is 0 Å². The van der Waals surface area contributed by atoms with E-state index in [1.165, 1.54) is 6.42 Å². The van der Waals surface area contributed by atoms with E-state index in [-0.39, 0.29) is 10.3 Å². The van der Waals surface area contributed by atoms with Gasteiger partial charge in [0.15, 0.2) is 5.78 Å². The van der Waals surface area contributed by atoms with E-state index in [4.69, 9.17) is 16.3 Å². The first-order valence-electron chi connectivity index (χ1n) is 6.85. The van der Waals surface area contributed by atoms with Crippen molar-refractivity contribution in [2.75, 3.05) is 13.2 Å². The van der Waals surface area contributed by atoms with Crippen LogP contribution < -0.4 is 0 Å². The van der Waals surface area contributed by atoms with Crippen LogP contribution in [0.15, 0.2) is 0 Å². The van der Waals surface area contributed by atoms with Gasteiger partial charge in [0.1, 0.15) is 6.61 Å². The Morgan fingerprint density at radius 3 is 2.47 bits per heavy atom. The van der Waals surface area contributed by atoms with Crippen LogP contribution in [-0.4, -0.2) is 23.9 Å². The molecule has 96 valence electrons. The minimum atomic E-state index is -0.124. The van der Waals surface area contributed by atoms with Crippen LogP contribution in [0.4, 0.5) is 0 Å². The first-order valence-corrected chi connectivity index (χ1v) is 7.23. The van der Waals surface area contributed by atoms with Gasteiger partial charge in [-0.1, -0.05) is 0 Å². The van der Waals surface area contributed by atoms with Crippen LogP contribution in [0.25, 0.3) is 0 Å². The summed E-state index contributed by atoms with van der Waals surface area (Å²) < 4.78 is 5.33. The fraction of sp³-hybridized carbons (Fsp3) is 0.929. The number of halogens is 1. The highest BCUT2D eigenvalue weighted by atomic mass is 35.5. The molecule has 0 heterocycles. The fourth-order valence-electron chi connectivity index (χ4n) is 4.82. The van der Waals surface area contributed by atoms with Crippen LogP contribution >= 0.6 is 11.6 Å². The van der Waals surface area contributed by atoms with Crippen LogP contribution in [0.5, 0.6) is 0 Å². The van der Waals surface area contributed by atoms with E-state index in [0.717, 1.165) is 32.1 Å². The summed E-state index contributed by atoms with van der Waals surface area (Å²) in [6.45, 7) is 2.86. The van der Waals surface area contributed by atoms with Crippen molar-refractivity contribution in [2.24, 2.45) is 17.3 Å². The first-order chi connectivity index (χ1) is 8.05. The second-order valence-corrected chi connectivity index (χ2v) is 7.25. The van der Waals surface area contributed by atoms with Crippen LogP contribution in [0.2, 0.25) is 0 Å². The summed E-state index contributed by atoms with van der Waals surface area (Å²) in [6, 6.07) is 0. The molecular weight excluding hydrogens is 236 g/mol. The van der Waals surface area contributed by atoms with Crippen molar-refractivity contribution < 1.29 is 9.53 Å². The van der Waals surface area contributed by atoms with Crippen LogP contribution in [0, 0.1) is 17.3 Å². The van der Waals surface area contributed by atoms with E-state index in [1.807, 2.05) is 6.92 Å². The first kappa shape index (κ1) is 12.0. The Balaban J connectivity index is 1.81. The topological polar surface area (TPSA) is 26.3 Å². The summed E-state index contributed by atoms with van der Waals surface area (Å²) in [5.41, 5.74) is -0.124. The number of ketones is 1. The predicted octanol–water partition coefficient (Wildman–Crippen LogP) is 3.17. The Hall–Kier alpha value is -0.0800. The van der Waals surface area contributed by atoms with Gasteiger partial charge >= 0.3 is 0 Å². The molecule has 4 aliphatic carbocycles. The summed E-state index contributed by atoms with van der Waals surface area (Å²) in [7, 11) is 0. The highest BCUT2D eigenvalue weighted by Crippen LogP contribution is 2.64. The Morgan fingerprint density at radius 2 is 1.94 bits per heavy atom. The second-order valence-electron chi connectivity index (χ2n) is 6.45. The molecule has 4 saturated carbocycles. The molecule has 0 aliphatic heterocycles. The van der Waals surface area contributed by atoms with Crippen molar-refractivity contribution in [3.63, 3.8) is 0 Å². The van der Waals surface area contributed by atoms with E-state index in [0.29, 0.717) is 30.8 Å². The molecule has 4 bridgehead atoms. The largest absolute Gasteiger partial charge is 0.374 e. The zero-order chi connectivity index (χ0) is 12.1. The molecule has 2 nitrogen and oxygen atoms in total. The lowest BCUT2D eigenvalue weighted by Crippen LogP contribution is -2.56. The molecule has 0 saturated heterocycles. The van der Waals surface area contributed by atoms with Crippen LogP contribution in [0.3, 0.4) is 0 Å². The molecule has 2 unspecified atom stereocenters. The molecule has 17 heavy (non-hydrogen) atoms. The SMILES string of the molecule is CCOCC(=O)C12C[C@@H]3C[C@@H](CC(Cl)(C3)C1)C2. The fourth-order valence-corrected chi connectivity index (χ4v) is 5.52. The number of alkyl halides is 1. The van der Waals surface area contributed by atoms with Gasteiger partial charge in [0, 0.05) is 16.9 Å². The third-order valence-electron chi connectivity index (χ3n) is 5.02. The summed E-state index contributed by atoms with van der Waals surface area (Å²) in [6.07, 6.45) is 6.62. The van der Waals surface area contributed by atoms with Gasteiger partial charge in [-0.3, -0.25) is 4.79 Å². The number of hydrogen-bond donors (Lipinski definition) is 0. The standard InChI is InChI=1S/C14H21ClO2/c1-2-17-8-12(16)13-4-10-3-11(5-13)7-14(15,6-10)9-13/h10-11H,2-9H2,1H3/t10-,11+,13?,14?. The number of Topliss-reactive ketones (excluding diaryl/α,β-unsaturated/α-hetero) is 1. The van der Waals surface area contributed by atoms with E-state index in [1.54, 1.807) is 0 Å². The number of carbonyl (C=O) groups is 1. The van der Waals surface area contributed by atoms with Crippen molar-refractivity contribution in [1.82, 2.24) is 0 Å². The van der Waals surface area contributed by atoms with E-state index < -0.39 is 0 Å². The average Bonchev–Trinajstić information content (AvgIpc) is 2.22. The van der Waals surface area contributed by atoms with Gasteiger partial charge < -0.3 is 4.74 Å².